The van der Waals surface area contributed by atoms with Gasteiger partial charge in [-0.15, -0.1) is 0 Å². The Balaban J connectivity index is 1.98. The highest BCUT2D eigenvalue weighted by molar-refractivity contribution is 5.98. The number of benzene rings is 1. The van der Waals surface area contributed by atoms with Crippen LogP contribution in [0.15, 0.2) is 24.3 Å². The molecule has 1 aromatic rings. The van der Waals surface area contributed by atoms with E-state index in [4.69, 9.17) is 4.74 Å². The molecule has 0 saturated heterocycles. The van der Waals surface area contributed by atoms with Crippen LogP contribution in [0.5, 0.6) is 0 Å². The van der Waals surface area contributed by atoms with Gasteiger partial charge in [0.25, 0.3) is 11.8 Å². The number of nitrogens with one attached hydrogen (secondary N) is 2. The van der Waals surface area contributed by atoms with Crippen LogP contribution < -0.4 is 10.6 Å². The van der Waals surface area contributed by atoms with E-state index in [9.17, 15) is 14.4 Å². The molecule has 0 spiro atoms. The first-order valence-corrected chi connectivity index (χ1v) is 8.67. The van der Waals surface area contributed by atoms with Crippen LogP contribution in [-0.2, 0) is 14.3 Å². The maximum Gasteiger partial charge on any atom is 0.329 e. The summed E-state index contributed by atoms with van der Waals surface area (Å²) in [5.41, 5.74) is 1.34. The quantitative estimate of drug-likeness (QED) is 0.739. The lowest BCUT2D eigenvalue weighted by Crippen LogP contribution is -2.48. The number of ether oxygens (including phenoxy) is 1. The van der Waals surface area contributed by atoms with Crippen molar-refractivity contribution in [2.24, 2.45) is 5.92 Å². The highest BCUT2D eigenvalue weighted by atomic mass is 16.5. The molecule has 2 atom stereocenters. The maximum atomic E-state index is 12.5. The Morgan fingerprint density at radius 3 is 2.32 bits per heavy atom. The van der Waals surface area contributed by atoms with Gasteiger partial charge in [0.15, 0.2) is 6.10 Å². The van der Waals surface area contributed by atoms with Gasteiger partial charge in [-0.25, -0.2) is 4.79 Å². The normalized spacial score (nSPS) is 16.0. The molecule has 1 aliphatic carbocycles. The number of carbonyl (C=O) groups is 3. The summed E-state index contributed by atoms with van der Waals surface area (Å²) in [5.74, 6) is -1.40. The Morgan fingerprint density at radius 1 is 1.12 bits per heavy atom. The Bertz CT molecular complexity index is 653. The maximum absolute atomic E-state index is 12.5. The molecule has 2 unspecified atom stereocenters. The van der Waals surface area contributed by atoms with Gasteiger partial charge in [-0.3, -0.25) is 9.59 Å². The average Bonchev–Trinajstić information content (AvgIpc) is 3.36. The first-order chi connectivity index (χ1) is 11.8. The third kappa shape index (κ3) is 5.31. The second-order valence-electron chi connectivity index (χ2n) is 6.87. The zero-order valence-corrected chi connectivity index (χ0v) is 15.2. The molecule has 1 saturated carbocycles. The fourth-order valence-corrected chi connectivity index (χ4v) is 2.39. The van der Waals surface area contributed by atoms with Gasteiger partial charge in [-0.1, -0.05) is 32.0 Å². The van der Waals surface area contributed by atoms with Crippen molar-refractivity contribution in [1.82, 2.24) is 10.6 Å². The number of hydrogen-bond donors (Lipinski definition) is 2. The van der Waals surface area contributed by atoms with Crippen LogP contribution in [0.1, 0.15) is 49.5 Å². The van der Waals surface area contributed by atoms with E-state index < -0.39 is 18.1 Å². The third-order valence-electron chi connectivity index (χ3n) is 4.18. The largest absolute Gasteiger partial charge is 0.451 e. The number of esters is 1. The van der Waals surface area contributed by atoms with Crippen molar-refractivity contribution >= 4 is 17.8 Å². The topological polar surface area (TPSA) is 84.5 Å². The smallest absolute Gasteiger partial charge is 0.329 e. The third-order valence-corrected chi connectivity index (χ3v) is 4.18. The molecule has 2 rings (SSSR count). The standard InChI is InChI=1S/C19H26N2O4/c1-11(2)16(21-18(23)15-8-6-5-7-12(15)3)19(24)25-13(4)17(22)20-14-9-10-14/h5-8,11,13-14,16H,9-10H2,1-4H3,(H,20,22)(H,21,23). The zero-order chi connectivity index (χ0) is 18.6. The van der Waals surface area contributed by atoms with Crippen LogP contribution in [0, 0.1) is 12.8 Å². The molecule has 1 aliphatic rings. The van der Waals surface area contributed by atoms with E-state index in [1.54, 1.807) is 12.1 Å². The summed E-state index contributed by atoms with van der Waals surface area (Å²) < 4.78 is 5.27. The van der Waals surface area contributed by atoms with E-state index in [1.807, 2.05) is 32.9 Å². The minimum absolute atomic E-state index is 0.167. The molecule has 0 bridgehead atoms. The average molecular weight is 346 g/mol. The summed E-state index contributed by atoms with van der Waals surface area (Å²) >= 11 is 0. The molecular weight excluding hydrogens is 320 g/mol. The van der Waals surface area contributed by atoms with Crippen molar-refractivity contribution in [1.29, 1.82) is 0 Å². The molecule has 25 heavy (non-hydrogen) atoms. The SMILES string of the molecule is Cc1ccccc1C(=O)NC(C(=O)OC(C)C(=O)NC1CC1)C(C)C. The van der Waals surface area contributed by atoms with E-state index in [0.29, 0.717) is 5.56 Å². The summed E-state index contributed by atoms with van der Waals surface area (Å²) in [5, 5.41) is 5.52. The van der Waals surface area contributed by atoms with Crippen molar-refractivity contribution in [3.8, 4) is 0 Å². The van der Waals surface area contributed by atoms with E-state index in [-0.39, 0.29) is 23.8 Å². The van der Waals surface area contributed by atoms with Gasteiger partial charge in [0.05, 0.1) is 0 Å². The second-order valence-corrected chi connectivity index (χ2v) is 6.87. The lowest BCUT2D eigenvalue weighted by molar-refractivity contribution is -0.157. The summed E-state index contributed by atoms with van der Waals surface area (Å²) in [6, 6.07) is 6.55. The van der Waals surface area contributed by atoms with E-state index >= 15 is 0 Å². The number of hydrogen-bond acceptors (Lipinski definition) is 4. The Labute approximate surface area is 148 Å². The minimum atomic E-state index is -0.885. The number of carbonyl (C=O) groups excluding carboxylic acids is 3. The van der Waals surface area contributed by atoms with Gasteiger partial charge in [0.1, 0.15) is 6.04 Å². The summed E-state index contributed by atoms with van der Waals surface area (Å²) in [4.78, 5) is 36.8. The van der Waals surface area contributed by atoms with Crippen LogP contribution in [-0.4, -0.2) is 36.0 Å². The molecule has 0 heterocycles. The van der Waals surface area contributed by atoms with Crippen molar-refractivity contribution in [2.75, 3.05) is 0 Å². The van der Waals surface area contributed by atoms with Crippen molar-refractivity contribution in [2.45, 2.75) is 58.7 Å². The minimum Gasteiger partial charge on any atom is -0.451 e. The number of aryl methyl sites for hydroxylation is 1. The van der Waals surface area contributed by atoms with Crippen LogP contribution in [0.3, 0.4) is 0 Å². The Kier molecular flexibility index (Phi) is 6.17. The number of amides is 2. The van der Waals surface area contributed by atoms with Gasteiger partial charge in [0, 0.05) is 11.6 Å². The van der Waals surface area contributed by atoms with Gasteiger partial charge in [0.2, 0.25) is 0 Å². The fraction of sp³-hybridized carbons (Fsp3) is 0.526. The van der Waals surface area contributed by atoms with Crippen LogP contribution in [0.25, 0.3) is 0 Å². The zero-order valence-electron chi connectivity index (χ0n) is 15.2. The molecule has 0 aromatic heterocycles. The van der Waals surface area contributed by atoms with Crippen LogP contribution in [0.4, 0.5) is 0 Å². The molecule has 2 amide bonds. The van der Waals surface area contributed by atoms with Crippen molar-refractivity contribution in [3.63, 3.8) is 0 Å². The number of rotatable bonds is 7. The molecule has 0 radical (unpaired) electrons. The molecule has 2 N–H and O–H groups in total. The predicted molar refractivity (Wildman–Crippen MR) is 94.0 cm³/mol. The summed E-state index contributed by atoms with van der Waals surface area (Å²) in [6.07, 6.45) is 1.05. The highest BCUT2D eigenvalue weighted by Gasteiger charge is 2.31. The molecule has 0 aliphatic heterocycles. The van der Waals surface area contributed by atoms with Crippen molar-refractivity contribution in [3.05, 3.63) is 35.4 Å². The Morgan fingerprint density at radius 2 is 1.76 bits per heavy atom. The van der Waals surface area contributed by atoms with Gasteiger partial charge in [-0.2, -0.15) is 0 Å². The summed E-state index contributed by atoms with van der Waals surface area (Å²) in [6.45, 7) is 7.01. The van der Waals surface area contributed by atoms with Gasteiger partial charge >= 0.3 is 5.97 Å². The highest BCUT2D eigenvalue weighted by Crippen LogP contribution is 2.19. The molecule has 6 nitrogen and oxygen atoms in total. The fourth-order valence-electron chi connectivity index (χ4n) is 2.39. The van der Waals surface area contributed by atoms with Crippen molar-refractivity contribution < 1.29 is 19.1 Å². The molecule has 6 heteroatoms. The summed E-state index contributed by atoms with van der Waals surface area (Å²) in [7, 11) is 0. The monoisotopic (exact) mass is 346 g/mol. The molecule has 1 fully saturated rings. The first kappa shape index (κ1) is 19.0. The molecule has 136 valence electrons. The lowest BCUT2D eigenvalue weighted by Gasteiger charge is -2.23. The molecular formula is C19H26N2O4. The van der Waals surface area contributed by atoms with Crippen LogP contribution >= 0.6 is 0 Å². The second kappa shape index (κ2) is 8.14. The van der Waals surface area contributed by atoms with E-state index in [1.165, 1.54) is 6.92 Å². The van der Waals surface area contributed by atoms with Crippen LogP contribution in [0.2, 0.25) is 0 Å². The van der Waals surface area contributed by atoms with E-state index in [2.05, 4.69) is 10.6 Å². The van der Waals surface area contributed by atoms with Gasteiger partial charge in [-0.05, 0) is 44.2 Å². The first-order valence-electron chi connectivity index (χ1n) is 8.67. The van der Waals surface area contributed by atoms with E-state index in [0.717, 1.165) is 18.4 Å². The van der Waals surface area contributed by atoms with Gasteiger partial charge < -0.3 is 15.4 Å². The lowest BCUT2D eigenvalue weighted by atomic mass is 10.0. The molecule has 1 aromatic carbocycles. The Hall–Kier alpha value is -2.37. The predicted octanol–water partition coefficient (Wildman–Crippen LogP) is 1.96.